The van der Waals surface area contributed by atoms with Crippen molar-refractivity contribution in [1.29, 1.82) is 0 Å². The third kappa shape index (κ3) is 8.81. The Bertz CT molecular complexity index is 468. The molecule has 2 fully saturated rings. The summed E-state index contributed by atoms with van der Waals surface area (Å²) in [7, 11) is 0. The zero-order valence-electron chi connectivity index (χ0n) is 19.8. The highest BCUT2D eigenvalue weighted by atomic mass is 16.5. The lowest BCUT2D eigenvalue weighted by atomic mass is 9.78. The van der Waals surface area contributed by atoms with E-state index < -0.39 is 0 Å². The molecule has 0 aromatic carbocycles. The topological polar surface area (TPSA) is 52.1 Å². The summed E-state index contributed by atoms with van der Waals surface area (Å²) in [5.41, 5.74) is 0.176. The molecular weight excluding hydrogens is 362 g/mol. The van der Waals surface area contributed by atoms with Gasteiger partial charge in [0.15, 0.2) is 5.96 Å². The lowest BCUT2D eigenvalue weighted by molar-refractivity contribution is -0.0823. The van der Waals surface area contributed by atoms with Crippen molar-refractivity contribution in [3.8, 4) is 0 Å². The largest absolute Gasteiger partial charge is 0.377 e. The molecule has 0 bridgehead atoms. The van der Waals surface area contributed by atoms with Crippen LogP contribution in [0.5, 0.6) is 0 Å². The molecule has 6 heteroatoms. The number of nitrogens with one attached hydrogen (secondary N) is 2. The first kappa shape index (κ1) is 24.4. The van der Waals surface area contributed by atoms with Gasteiger partial charge < -0.3 is 25.2 Å². The van der Waals surface area contributed by atoms with Crippen LogP contribution in [0.1, 0.15) is 60.3 Å². The van der Waals surface area contributed by atoms with E-state index in [0.29, 0.717) is 12.0 Å². The maximum Gasteiger partial charge on any atom is 0.191 e. The highest BCUT2D eigenvalue weighted by molar-refractivity contribution is 5.79. The number of nitrogens with zero attached hydrogens (tertiary/aromatic N) is 3. The standard InChI is InChI=1S/C23H47N5O/c1-6-24-22(26-19-20-11-10-18-29-21(20)23(3,4)5)25-12-8-9-13-28-16-14-27(7-2)15-17-28/h20-21H,6-19H2,1-5H3,(H2,24,25,26). The molecule has 2 heterocycles. The SMILES string of the molecule is CCNC(=NCC1CCCOC1C(C)(C)C)NCCCCN1CCN(CC)CC1. The number of unbranched alkanes of at least 4 members (excludes halogenated alkanes) is 1. The molecule has 2 rings (SSSR count). The number of piperazine rings is 1. The smallest absolute Gasteiger partial charge is 0.191 e. The van der Waals surface area contributed by atoms with Crippen LogP contribution in [0.15, 0.2) is 4.99 Å². The zero-order valence-corrected chi connectivity index (χ0v) is 19.8. The Labute approximate surface area is 179 Å². The molecular formula is C23H47N5O. The molecule has 0 amide bonds. The van der Waals surface area contributed by atoms with Crippen molar-refractivity contribution >= 4 is 5.96 Å². The first-order valence-corrected chi connectivity index (χ1v) is 12.0. The van der Waals surface area contributed by atoms with Crippen LogP contribution in [0.2, 0.25) is 0 Å². The molecule has 170 valence electrons. The molecule has 2 unspecified atom stereocenters. The number of likely N-dealkylation sites (N-methyl/N-ethyl adjacent to an activating group) is 1. The van der Waals surface area contributed by atoms with Gasteiger partial charge in [-0.25, -0.2) is 0 Å². The van der Waals surface area contributed by atoms with Crippen LogP contribution < -0.4 is 10.6 Å². The molecule has 2 N–H and O–H groups in total. The number of hydrogen-bond donors (Lipinski definition) is 2. The van der Waals surface area contributed by atoms with Gasteiger partial charge in [-0.2, -0.15) is 0 Å². The molecule has 0 radical (unpaired) electrons. The fourth-order valence-electron chi connectivity index (χ4n) is 4.53. The highest BCUT2D eigenvalue weighted by Gasteiger charge is 2.35. The predicted molar refractivity (Wildman–Crippen MR) is 124 cm³/mol. The fraction of sp³-hybridized carbons (Fsp3) is 0.957. The first-order chi connectivity index (χ1) is 13.9. The lowest BCUT2D eigenvalue weighted by Gasteiger charge is -2.39. The van der Waals surface area contributed by atoms with Crippen LogP contribution in [0.4, 0.5) is 0 Å². The number of hydrogen-bond acceptors (Lipinski definition) is 4. The molecule has 2 atom stereocenters. The van der Waals surface area contributed by atoms with E-state index >= 15 is 0 Å². The quantitative estimate of drug-likeness (QED) is 0.348. The molecule has 2 aliphatic heterocycles. The average molecular weight is 410 g/mol. The van der Waals surface area contributed by atoms with Crippen LogP contribution in [0.3, 0.4) is 0 Å². The van der Waals surface area contributed by atoms with Crippen molar-refractivity contribution in [2.75, 3.05) is 65.5 Å². The molecule has 0 aromatic heterocycles. The summed E-state index contributed by atoms with van der Waals surface area (Å²) < 4.78 is 6.11. The van der Waals surface area contributed by atoms with Gasteiger partial charge in [-0.05, 0) is 51.1 Å². The van der Waals surface area contributed by atoms with Gasteiger partial charge in [0.25, 0.3) is 0 Å². The second-order valence-corrected chi connectivity index (χ2v) is 9.69. The van der Waals surface area contributed by atoms with Crippen molar-refractivity contribution in [1.82, 2.24) is 20.4 Å². The number of guanidine groups is 1. The molecule has 2 saturated heterocycles. The van der Waals surface area contributed by atoms with E-state index in [4.69, 9.17) is 9.73 Å². The van der Waals surface area contributed by atoms with E-state index in [1.807, 2.05) is 0 Å². The number of ether oxygens (including phenoxy) is 1. The number of rotatable bonds is 9. The minimum Gasteiger partial charge on any atom is -0.377 e. The van der Waals surface area contributed by atoms with Crippen LogP contribution >= 0.6 is 0 Å². The van der Waals surface area contributed by atoms with Gasteiger partial charge in [-0.1, -0.05) is 27.7 Å². The van der Waals surface area contributed by atoms with E-state index in [1.54, 1.807) is 0 Å². The van der Waals surface area contributed by atoms with Crippen molar-refractivity contribution in [3.63, 3.8) is 0 Å². The van der Waals surface area contributed by atoms with E-state index in [0.717, 1.165) is 38.6 Å². The Kier molecular flexibility index (Phi) is 10.7. The van der Waals surface area contributed by atoms with Crippen LogP contribution in [-0.4, -0.2) is 87.4 Å². The van der Waals surface area contributed by atoms with E-state index in [2.05, 4.69) is 55.1 Å². The monoisotopic (exact) mass is 409 g/mol. The molecule has 2 aliphatic rings. The van der Waals surface area contributed by atoms with E-state index in [-0.39, 0.29) is 5.41 Å². The Balaban J connectivity index is 1.69. The molecule has 0 saturated carbocycles. The van der Waals surface area contributed by atoms with Crippen molar-refractivity contribution in [2.45, 2.75) is 66.4 Å². The van der Waals surface area contributed by atoms with E-state index in [9.17, 15) is 0 Å². The van der Waals surface area contributed by atoms with Gasteiger partial charge in [0.1, 0.15) is 0 Å². The van der Waals surface area contributed by atoms with E-state index in [1.165, 1.54) is 58.5 Å². The second-order valence-electron chi connectivity index (χ2n) is 9.69. The maximum atomic E-state index is 6.11. The summed E-state index contributed by atoms with van der Waals surface area (Å²) >= 11 is 0. The van der Waals surface area contributed by atoms with Gasteiger partial charge in [-0.15, -0.1) is 0 Å². The minimum absolute atomic E-state index is 0.176. The van der Waals surface area contributed by atoms with Crippen LogP contribution in [-0.2, 0) is 4.74 Å². The molecule has 6 nitrogen and oxygen atoms in total. The molecule has 0 spiro atoms. The van der Waals surface area contributed by atoms with Gasteiger partial charge >= 0.3 is 0 Å². The summed E-state index contributed by atoms with van der Waals surface area (Å²) in [4.78, 5) is 10.1. The van der Waals surface area contributed by atoms with Gasteiger partial charge in [0.2, 0.25) is 0 Å². The second kappa shape index (κ2) is 12.8. The van der Waals surface area contributed by atoms with Gasteiger partial charge in [0.05, 0.1) is 6.10 Å². The molecule has 0 aliphatic carbocycles. The summed E-state index contributed by atoms with van der Waals surface area (Å²) in [5, 5.41) is 6.95. The summed E-state index contributed by atoms with van der Waals surface area (Å²) in [6, 6.07) is 0. The van der Waals surface area contributed by atoms with Crippen molar-refractivity contribution in [2.24, 2.45) is 16.3 Å². The minimum atomic E-state index is 0.176. The van der Waals surface area contributed by atoms with Crippen LogP contribution in [0, 0.1) is 11.3 Å². The van der Waals surface area contributed by atoms with Crippen molar-refractivity contribution < 1.29 is 4.74 Å². The molecule has 0 aromatic rings. The van der Waals surface area contributed by atoms with Gasteiger partial charge in [-0.3, -0.25) is 4.99 Å². The first-order valence-electron chi connectivity index (χ1n) is 12.0. The third-order valence-electron chi connectivity index (χ3n) is 6.23. The molecule has 29 heavy (non-hydrogen) atoms. The predicted octanol–water partition coefficient (Wildman–Crippen LogP) is 2.80. The third-order valence-corrected chi connectivity index (χ3v) is 6.23. The van der Waals surface area contributed by atoms with Gasteiger partial charge in [0, 0.05) is 58.3 Å². The summed E-state index contributed by atoms with van der Waals surface area (Å²) in [6.07, 6.45) is 5.12. The zero-order chi connectivity index (χ0) is 21.1. The maximum absolute atomic E-state index is 6.11. The lowest BCUT2D eigenvalue weighted by Crippen LogP contribution is -2.46. The summed E-state index contributed by atoms with van der Waals surface area (Å²) in [6.45, 7) is 22.2. The summed E-state index contributed by atoms with van der Waals surface area (Å²) in [5.74, 6) is 1.48. The Morgan fingerprint density at radius 3 is 2.41 bits per heavy atom. The number of aliphatic imine (C=N–C) groups is 1. The fourth-order valence-corrected chi connectivity index (χ4v) is 4.53. The van der Waals surface area contributed by atoms with Crippen LogP contribution in [0.25, 0.3) is 0 Å². The van der Waals surface area contributed by atoms with Crippen molar-refractivity contribution in [3.05, 3.63) is 0 Å². The Morgan fingerprint density at radius 2 is 1.76 bits per heavy atom. The normalized spacial score (nSPS) is 25.2. The average Bonchev–Trinajstić information content (AvgIpc) is 2.71. The Morgan fingerprint density at radius 1 is 1.03 bits per heavy atom. The Hall–Kier alpha value is -0.850. The highest BCUT2D eigenvalue weighted by Crippen LogP contribution is 2.34.